The summed E-state index contributed by atoms with van der Waals surface area (Å²) in [4.78, 5) is 27.3. The van der Waals surface area contributed by atoms with Gasteiger partial charge in [0.2, 0.25) is 0 Å². The number of carbonyl (C=O) groups excluding carboxylic acids is 2. The van der Waals surface area contributed by atoms with Gasteiger partial charge in [0.1, 0.15) is 11.5 Å². The van der Waals surface area contributed by atoms with Gasteiger partial charge in [0, 0.05) is 12.1 Å². The van der Waals surface area contributed by atoms with E-state index in [0.717, 1.165) is 24.0 Å². The van der Waals surface area contributed by atoms with E-state index >= 15 is 0 Å². The number of aryl methyl sites for hydroxylation is 1. The summed E-state index contributed by atoms with van der Waals surface area (Å²) in [5, 5.41) is 11.0. The Balaban J connectivity index is 2.14. The number of aliphatic hydroxyl groups is 1. The van der Waals surface area contributed by atoms with E-state index in [9.17, 15) is 14.7 Å². The van der Waals surface area contributed by atoms with Crippen molar-refractivity contribution < 1.29 is 19.4 Å². The van der Waals surface area contributed by atoms with Crippen molar-refractivity contribution in [1.29, 1.82) is 0 Å². The zero-order valence-electron chi connectivity index (χ0n) is 17.1. The SMILES string of the molecule is CCCCN1C(=O)C(=O)/C(=C(\O)c2ccc(C)cc2)C1c1cccc(OCC)c1. The van der Waals surface area contributed by atoms with Gasteiger partial charge in [0.05, 0.1) is 18.2 Å². The van der Waals surface area contributed by atoms with E-state index in [4.69, 9.17) is 4.74 Å². The molecule has 3 rings (SSSR count). The zero-order valence-corrected chi connectivity index (χ0v) is 17.1. The summed E-state index contributed by atoms with van der Waals surface area (Å²) < 4.78 is 5.60. The maximum Gasteiger partial charge on any atom is 0.295 e. The van der Waals surface area contributed by atoms with Gasteiger partial charge in [-0.3, -0.25) is 9.59 Å². The van der Waals surface area contributed by atoms with E-state index in [2.05, 4.69) is 0 Å². The van der Waals surface area contributed by atoms with E-state index in [1.165, 1.54) is 0 Å². The van der Waals surface area contributed by atoms with Gasteiger partial charge in [-0.25, -0.2) is 0 Å². The molecule has 2 aromatic rings. The van der Waals surface area contributed by atoms with Crippen LogP contribution in [-0.4, -0.2) is 34.8 Å². The Kier molecular flexibility index (Phi) is 6.37. The van der Waals surface area contributed by atoms with E-state index in [-0.39, 0.29) is 11.3 Å². The summed E-state index contributed by atoms with van der Waals surface area (Å²) in [6, 6.07) is 14.0. The number of ketones is 1. The molecule has 1 aliphatic rings. The number of benzene rings is 2. The van der Waals surface area contributed by atoms with Crippen LogP contribution in [0.25, 0.3) is 5.76 Å². The number of aliphatic hydroxyl groups excluding tert-OH is 1. The maximum atomic E-state index is 12.9. The van der Waals surface area contributed by atoms with E-state index < -0.39 is 17.7 Å². The first-order chi connectivity index (χ1) is 14.0. The van der Waals surface area contributed by atoms with Crippen molar-refractivity contribution >= 4 is 17.4 Å². The van der Waals surface area contributed by atoms with Crippen LogP contribution in [0.2, 0.25) is 0 Å². The largest absolute Gasteiger partial charge is 0.507 e. The van der Waals surface area contributed by atoms with Crippen LogP contribution in [0.5, 0.6) is 5.75 Å². The second kappa shape index (κ2) is 8.95. The van der Waals surface area contributed by atoms with Crippen molar-refractivity contribution in [2.45, 2.75) is 39.7 Å². The summed E-state index contributed by atoms with van der Waals surface area (Å²) in [5.41, 5.74) is 2.45. The quantitative estimate of drug-likeness (QED) is 0.424. The van der Waals surface area contributed by atoms with Gasteiger partial charge in [-0.15, -0.1) is 0 Å². The standard InChI is InChI=1S/C24H27NO4/c1-4-6-14-25-21(18-8-7-9-19(15-18)29-5-2)20(23(27)24(25)28)22(26)17-12-10-16(3)11-13-17/h7-13,15,21,26H,4-6,14H2,1-3H3/b22-20-. The van der Waals surface area contributed by atoms with Gasteiger partial charge in [0.25, 0.3) is 11.7 Å². The molecule has 0 spiro atoms. The number of hydrogen-bond donors (Lipinski definition) is 1. The number of carbonyl (C=O) groups is 2. The van der Waals surface area contributed by atoms with E-state index in [1.54, 1.807) is 17.0 Å². The predicted molar refractivity (Wildman–Crippen MR) is 113 cm³/mol. The van der Waals surface area contributed by atoms with Crippen molar-refractivity contribution in [3.63, 3.8) is 0 Å². The molecule has 0 aromatic heterocycles. The fourth-order valence-corrected chi connectivity index (χ4v) is 3.59. The van der Waals surface area contributed by atoms with Crippen LogP contribution in [0.3, 0.4) is 0 Å². The highest BCUT2D eigenvalue weighted by atomic mass is 16.5. The lowest BCUT2D eigenvalue weighted by atomic mass is 9.95. The summed E-state index contributed by atoms with van der Waals surface area (Å²) >= 11 is 0. The Morgan fingerprint density at radius 2 is 1.83 bits per heavy atom. The summed E-state index contributed by atoms with van der Waals surface area (Å²) in [7, 11) is 0. The molecule has 1 atom stereocenters. The molecule has 1 unspecified atom stereocenters. The molecule has 1 aliphatic heterocycles. The first-order valence-corrected chi connectivity index (χ1v) is 10.1. The van der Waals surface area contributed by atoms with Gasteiger partial charge < -0.3 is 14.7 Å². The van der Waals surface area contributed by atoms with Crippen molar-refractivity contribution in [3.05, 3.63) is 70.8 Å². The molecule has 1 amide bonds. The average molecular weight is 393 g/mol. The predicted octanol–water partition coefficient (Wildman–Crippen LogP) is 4.62. The minimum atomic E-state index is -0.647. The number of Topliss-reactive ketones (excluding diaryl/α,β-unsaturated/α-hetero) is 1. The number of hydrogen-bond acceptors (Lipinski definition) is 4. The molecule has 1 saturated heterocycles. The number of unbranched alkanes of at least 4 members (excludes halogenated alkanes) is 1. The van der Waals surface area contributed by atoms with E-state index in [0.29, 0.717) is 24.5 Å². The van der Waals surface area contributed by atoms with Crippen LogP contribution >= 0.6 is 0 Å². The Morgan fingerprint density at radius 1 is 1.10 bits per heavy atom. The number of ether oxygens (including phenoxy) is 1. The topological polar surface area (TPSA) is 66.8 Å². The molecule has 2 aromatic carbocycles. The summed E-state index contributed by atoms with van der Waals surface area (Å²) in [6.07, 6.45) is 1.67. The highest BCUT2D eigenvalue weighted by Gasteiger charge is 2.45. The smallest absolute Gasteiger partial charge is 0.295 e. The lowest BCUT2D eigenvalue weighted by Crippen LogP contribution is -2.30. The number of amides is 1. The first kappa shape index (κ1) is 20.6. The molecular weight excluding hydrogens is 366 g/mol. The minimum Gasteiger partial charge on any atom is -0.507 e. The summed E-state index contributed by atoms with van der Waals surface area (Å²) in [5.74, 6) is -0.694. The van der Waals surface area contributed by atoms with Gasteiger partial charge in [-0.1, -0.05) is 55.3 Å². The van der Waals surface area contributed by atoms with Gasteiger partial charge in [-0.2, -0.15) is 0 Å². The third kappa shape index (κ3) is 4.19. The fraction of sp³-hybridized carbons (Fsp3) is 0.333. The molecule has 5 nitrogen and oxygen atoms in total. The molecular formula is C24H27NO4. The Labute approximate surface area is 171 Å². The van der Waals surface area contributed by atoms with Gasteiger partial charge in [-0.05, 0) is 38.0 Å². The zero-order chi connectivity index (χ0) is 21.0. The van der Waals surface area contributed by atoms with Crippen molar-refractivity contribution in [3.8, 4) is 5.75 Å². The van der Waals surface area contributed by atoms with Gasteiger partial charge >= 0.3 is 0 Å². The molecule has 1 N–H and O–H groups in total. The molecule has 0 bridgehead atoms. The molecule has 1 heterocycles. The average Bonchev–Trinajstić information content (AvgIpc) is 2.97. The molecule has 0 saturated carbocycles. The molecule has 0 radical (unpaired) electrons. The number of rotatable bonds is 7. The summed E-state index contributed by atoms with van der Waals surface area (Å²) in [6.45, 7) is 6.86. The molecule has 1 fully saturated rings. The van der Waals surface area contributed by atoms with Crippen molar-refractivity contribution in [2.75, 3.05) is 13.2 Å². The molecule has 5 heteroatoms. The monoisotopic (exact) mass is 393 g/mol. The molecule has 0 aliphatic carbocycles. The third-order valence-corrected chi connectivity index (χ3v) is 5.10. The second-order valence-electron chi connectivity index (χ2n) is 7.22. The number of nitrogens with zero attached hydrogens (tertiary/aromatic N) is 1. The van der Waals surface area contributed by atoms with Crippen LogP contribution in [-0.2, 0) is 9.59 Å². The third-order valence-electron chi connectivity index (χ3n) is 5.10. The lowest BCUT2D eigenvalue weighted by molar-refractivity contribution is -0.139. The van der Waals surface area contributed by atoms with Crippen molar-refractivity contribution in [1.82, 2.24) is 4.90 Å². The van der Waals surface area contributed by atoms with Crippen LogP contribution < -0.4 is 4.74 Å². The highest BCUT2D eigenvalue weighted by molar-refractivity contribution is 6.46. The van der Waals surface area contributed by atoms with Crippen molar-refractivity contribution in [2.24, 2.45) is 0 Å². The molecule has 29 heavy (non-hydrogen) atoms. The van der Waals surface area contributed by atoms with Crippen LogP contribution in [0.1, 0.15) is 49.4 Å². The second-order valence-corrected chi connectivity index (χ2v) is 7.22. The Bertz CT molecular complexity index is 930. The number of likely N-dealkylation sites (tertiary alicyclic amines) is 1. The lowest BCUT2D eigenvalue weighted by Gasteiger charge is -2.25. The fourth-order valence-electron chi connectivity index (χ4n) is 3.59. The molecule has 152 valence electrons. The van der Waals surface area contributed by atoms with Crippen LogP contribution in [0.15, 0.2) is 54.1 Å². The van der Waals surface area contributed by atoms with Gasteiger partial charge in [0.15, 0.2) is 0 Å². The first-order valence-electron chi connectivity index (χ1n) is 10.1. The maximum absolute atomic E-state index is 12.9. The minimum absolute atomic E-state index is 0.128. The Hall–Kier alpha value is -3.08. The normalized spacial score (nSPS) is 18.3. The Morgan fingerprint density at radius 3 is 2.48 bits per heavy atom. The van der Waals surface area contributed by atoms with Crippen LogP contribution in [0.4, 0.5) is 0 Å². The van der Waals surface area contributed by atoms with E-state index in [1.807, 2.05) is 57.2 Å². The van der Waals surface area contributed by atoms with Crippen LogP contribution in [0, 0.1) is 6.92 Å². The highest BCUT2D eigenvalue weighted by Crippen LogP contribution is 2.40.